The van der Waals surface area contributed by atoms with Gasteiger partial charge in [-0.05, 0) is 6.92 Å². The number of hydrogen-bond donors (Lipinski definition) is 0. The van der Waals surface area contributed by atoms with Crippen LogP contribution in [-0.2, 0) is 9.09 Å². The summed E-state index contributed by atoms with van der Waals surface area (Å²) in [7, 11) is -4.82. The molecule has 0 amide bonds. The van der Waals surface area contributed by atoms with Crippen LogP contribution in [0.3, 0.4) is 0 Å². The van der Waals surface area contributed by atoms with Gasteiger partial charge in [-0.25, -0.2) is 0 Å². The monoisotopic (exact) mass is 182 g/mol. The average Bonchev–Trinajstić information content (AvgIpc) is 1.21. The van der Waals surface area contributed by atoms with Crippen molar-refractivity contribution in [3.8, 4) is 0 Å². The maximum atomic E-state index is 9.63. The van der Waals surface area contributed by atoms with Gasteiger partial charge in [-0.1, -0.05) is 6.58 Å². The van der Waals surface area contributed by atoms with Crippen molar-refractivity contribution < 1.29 is 78.0 Å². The third-order valence-electron chi connectivity index (χ3n) is 0.268. The Morgan fingerprint density at radius 3 is 1.80 bits per heavy atom. The first-order chi connectivity index (χ1) is 3.42. The molecule has 0 bridgehead atoms. The molecule has 0 radical (unpaired) electrons. The standard InChI is InChI=1S/C3H7O4P.2Na/c1-3(2)7-8(4,5)6;;/h1H2,2H3,(H2,4,5,6);;/q;2*+1/p-2. The predicted octanol–water partition coefficient (Wildman–Crippen LogP) is -6.63. The first kappa shape index (κ1) is 17.7. The van der Waals surface area contributed by atoms with Crippen molar-refractivity contribution >= 4 is 7.82 Å². The van der Waals surface area contributed by atoms with E-state index in [0.717, 1.165) is 0 Å². The van der Waals surface area contributed by atoms with Gasteiger partial charge in [0.25, 0.3) is 0 Å². The predicted molar refractivity (Wildman–Crippen MR) is 23.5 cm³/mol. The molecule has 0 aromatic rings. The molecule has 0 aromatic heterocycles. The molecule has 0 aliphatic heterocycles. The Morgan fingerprint density at radius 1 is 1.50 bits per heavy atom. The van der Waals surface area contributed by atoms with Gasteiger partial charge in [0.05, 0.1) is 5.76 Å². The SMILES string of the molecule is C=C(C)OP(=O)([O-])[O-].[Na+].[Na+]. The summed E-state index contributed by atoms with van der Waals surface area (Å²) in [5.74, 6) is -0.113. The normalized spacial score (nSPS) is 8.70. The van der Waals surface area contributed by atoms with Gasteiger partial charge in [0, 0.05) is 0 Å². The molecule has 48 valence electrons. The second-order valence-electron chi connectivity index (χ2n) is 1.24. The first-order valence-electron chi connectivity index (χ1n) is 1.79. The van der Waals surface area contributed by atoms with Crippen LogP contribution in [-0.4, -0.2) is 0 Å². The molecular formula is C3H5Na2O4P. The minimum absolute atomic E-state index is 0. The number of allylic oxidation sites excluding steroid dienone is 1. The smallest absolute Gasteiger partial charge is 0.780 e. The Labute approximate surface area is 104 Å². The quantitative estimate of drug-likeness (QED) is 0.242. The summed E-state index contributed by atoms with van der Waals surface area (Å²) in [6.07, 6.45) is 0. The van der Waals surface area contributed by atoms with E-state index in [1.165, 1.54) is 6.92 Å². The molecule has 0 rings (SSSR count). The fraction of sp³-hybridized carbons (Fsp3) is 0.333. The summed E-state index contributed by atoms with van der Waals surface area (Å²) in [5.41, 5.74) is 0. The van der Waals surface area contributed by atoms with E-state index >= 15 is 0 Å². The van der Waals surface area contributed by atoms with Gasteiger partial charge in [0.1, 0.15) is 7.82 Å². The molecule has 10 heavy (non-hydrogen) atoms. The average molecular weight is 182 g/mol. The van der Waals surface area contributed by atoms with Gasteiger partial charge in [0.15, 0.2) is 0 Å². The summed E-state index contributed by atoms with van der Waals surface area (Å²) in [6, 6.07) is 0. The molecule has 7 heteroatoms. The second kappa shape index (κ2) is 7.35. The van der Waals surface area contributed by atoms with Crippen LogP contribution in [0.4, 0.5) is 0 Å². The van der Waals surface area contributed by atoms with Crippen molar-refractivity contribution in [1.29, 1.82) is 0 Å². The summed E-state index contributed by atoms with van der Waals surface area (Å²) in [5, 5.41) is 0. The van der Waals surface area contributed by atoms with Crippen LogP contribution < -0.4 is 68.9 Å². The van der Waals surface area contributed by atoms with Gasteiger partial charge < -0.3 is 18.9 Å². The van der Waals surface area contributed by atoms with E-state index in [1.807, 2.05) is 0 Å². The van der Waals surface area contributed by atoms with E-state index in [1.54, 1.807) is 0 Å². The van der Waals surface area contributed by atoms with Crippen LogP contribution >= 0.6 is 7.82 Å². The van der Waals surface area contributed by atoms with Crippen LogP contribution in [0.1, 0.15) is 6.92 Å². The van der Waals surface area contributed by atoms with Gasteiger partial charge >= 0.3 is 59.1 Å². The van der Waals surface area contributed by atoms with Crippen molar-refractivity contribution in [3.05, 3.63) is 12.3 Å². The fourth-order valence-corrected chi connectivity index (χ4v) is 0.573. The van der Waals surface area contributed by atoms with E-state index in [4.69, 9.17) is 0 Å². The minimum atomic E-state index is -4.82. The van der Waals surface area contributed by atoms with Crippen LogP contribution in [0.25, 0.3) is 0 Å². The zero-order valence-corrected chi connectivity index (χ0v) is 11.2. The molecule has 0 saturated heterocycles. The van der Waals surface area contributed by atoms with Crippen molar-refractivity contribution in [2.24, 2.45) is 0 Å². The van der Waals surface area contributed by atoms with Crippen molar-refractivity contribution in [3.63, 3.8) is 0 Å². The van der Waals surface area contributed by atoms with Gasteiger partial charge in [0.2, 0.25) is 0 Å². The maximum absolute atomic E-state index is 9.63. The van der Waals surface area contributed by atoms with Crippen molar-refractivity contribution in [1.82, 2.24) is 0 Å². The number of hydrogen-bond acceptors (Lipinski definition) is 4. The van der Waals surface area contributed by atoms with Gasteiger partial charge in [-0.15, -0.1) is 0 Å². The van der Waals surface area contributed by atoms with Crippen LogP contribution in [0, 0.1) is 0 Å². The van der Waals surface area contributed by atoms with E-state index in [-0.39, 0.29) is 64.9 Å². The third kappa shape index (κ3) is 16.3. The largest absolute Gasteiger partial charge is 1.00 e. The number of phosphoric ester groups is 1. The fourth-order valence-electron chi connectivity index (χ4n) is 0.191. The van der Waals surface area contributed by atoms with Gasteiger partial charge in [-0.3, -0.25) is 0 Å². The molecule has 0 saturated carbocycles. The van der Waals surface area contributed by atoms with E-state index < -0.39 is 7.82 Å². The molecular weight excluding hydrogens is 177 g/mol. The van der Waals surface area contributed by atoms with Crippen LogP contribution in [0.2, 0.25) is 0 Å². The molecule has 0 heterocycles. The Kier molecular flexibility index (Phi) is 13.0. The summed E-state index contributed by atoms with van der Waals surface area (Å²) in [4.78, 5) is 19.3. The Morgan fingerprint density at radius 2 is 1.80 bits per heavy atom. The number of phosphoric acid groups is 1. The number of rotatable bonds is 2. The van der Waals surface area contributed by atoms with E-state index in [0.29, 0.717) is 0 Å². The molecule has 0 aliphatic carbocycles. The Hall–Kier alpha value is 1.69. The minimum Gasteiger partial charge on any atom is -0.780 e. The van der Waals surface area contributed by atoms with Crippen LogP contribution in [0.15, 0.2) is 12.3 Å². The summed E-state index contributed by atoms with van der Waals surface area (Å²) in [6.45, 7) is 4.33. The van der Waals surface area contributed by atoms with Crippen molar-refractivity contribution in [2.45, 2.75) is 6.92 Å². The molecule has 0 fully saturated rings. The third-order valence-corrected chi connectivity index (χ3v) is 0.803. The molecule has 0 spiro atoms. The molecule has 0 unspecified atom stereocenters. The van der Waals surface area contributed by atoms with E-state index in [9.17, 15) is 14.4 Å². The van der Waals surface area contributed by atoms with Gasteiger partial charge in [-0.2, -0.15) is 0 Å². The maximum Gasteiger partial charge on any atom is 1.00 e. The Balaban J connectivity index is -0.000000245. The first-order valence-corrected chi connectivity index (χ1v) is 3.25. The molecule has 0 aromatic carbocycles. The summed E-state index contributed by atoms with van der Waals surface area (Å²) >= 11 is 0. The second-order valence-corrected chi connectivity index (χ2v) is 2.32. The molecule has 4 nitrogen and oxygen atoms in total. The zero-order chi connectivity index (χ0) is 6.78. The zero-order valence-electron chi connectivity index (χ0n) is 6.29. The molecule has 0 aliphatic rings. The van der Waals surface area contributed by atoms with Crippen LogP contribution in [0.5, 0.6) is 0 Å². The van der Waals surface area contributed by atoms with E-state index in [2.05, 4.69) is 11.1 Å². The molecule has 0 atom stereocenters. The summed E-state index contributed by atoms with van der Waals surface area (Å²) < 4.78 is 13.3. The topological polar surface area (TPSA) is 72.4 Å². The molecule has 0 N–H and O–H groups in total. The Bertz CT molecular complexity index is 141. The van der Waals surface area contributed by atoms with Crippen molar-refractivity contribution in [2.75, 3.05) is 0 Å².